The van der Waals surface area contributed by atoms with Gasteiger partial charge in [0.2, 0.25) is 0 Å². The van der Waals surface area contributed by atoms with Gasteiger partial charge in [-0.2, -0.15) is 13.2 Å². The molecule has 1 aliphatic heterocycles. The minimum absolute atomic E-state index is 0.193. The average Bonchev–Trinajstić information content (AvgIpc) is 3.24. The molecule has 3 heterocycles. The molecule has 0 saturated carbocycles. The number of pyridine rings is 1. The fourth-order valence-corrected chi connectivity index (χ4v) is 4.38. The van der Waals surface area contributed by atoms with Gasteiger partial charge in [0.15, 0.2) is 5.60 Å². The molecule has 2 aromatic heterocycles. The highest BCUT2D eigenvalue weighted by Crippen LogP contribution is 2.46. The van der Waals surface area contributed by atoms with Gasteiger partial charge >= 0.3 is 6.18 Å². The van der Waals surface area contributed by atoms with E-state index in [1.165, 1.54) is 24.4 Å². The highest BCUT2D eigenvalue weighted by Gasteiger charge is 2.56. The summed E-state index contributed by atoms with van der Waals surface area (Å²) in [5, 5.41) is 11.5. The monoisotopic (exact) mass is 437 g/mol. The number of hydrogen-bond acceptors (Lipinski definition) is 4. The van der Waals surface area contributed by atoms with E-state index in [9.17, 15) is 22.7 Å². The maximum Gasteiger partial charge on any atom is 0.417 e. The number of nitrogens with one attached hydrogen (secondary N) is 1. The van der Waals surface area contributed by atoms with Gasteiger partial charge < -0.3 is 20.6 Å². The minimum Gasteiger partial charge on any atom is -0.493 e. The second-order valence-corrected chi connectivity index (χ2v) is 8.80. The van der Waals surface area contributed by atoms with Crippen molar-refractivity contribution in [1.82, 2.24) is 9.97 Å². The topological polar surface area (TPSA) is 84.2 Å². The number of ether oxygens (including phenoxy) is 1. The summed E-state index contributed by atoms with van der Waals surface area (Å²) in [6.45, 7) is 3.45. The van der Waals surface area contributed by atoms with E-state index in [2.05, 4.69) is 9.97 Å². The summed E-state index contributed by atoms with van der Waals surface area (Å²) < 4.78 is 62.1. The van der Waals surface area contributed by atoms with Gasteiger partial charge in [-0.15, -0.1) is 0 Å². The van der Waals surface area contributed by atoms with Crippen LogP contribution in [0.5, 0.6) is 5.75 Å². The number of rotatable bonds is 5. The first-order chi connectivity index (χ1) is 14.4. The normalized spacial score (nSPS) is 16.2. The van der Waals surface area contributed by atoms with Crippen LogP contribution in [-0.2, 0) is 18.3 Å². The summed E-state index contributed by atoms with van der Waals surface area (Å²) in [5.41, 5.74) is 3.00. The van der Waals surface area contributed by atoms with E-state index in [1.807, 2.05) is 0 Å². The van der Waals surface area contributed by atoms with Crippen LogP contribution in [0.15, 0.2) is 30.5 Å². The fourth-order valence-electron chi connectivity index (χ4n) is 4.38. The van der Waals surface area contributed by atoms with E-state index < -0.39 is 35.9 Å². The molecular weight excluding hydrogens is 414 g/mol. The van der Waals surface area contributed by atoms with E-state index in [1.54, 1.807) is 19.9 Å². The van der Waals surface area contributed by atoms with Crippen LogP contribution in [0.2, 0.25) is 0 Å². The Balaban J connectivity index is 1.71. The second kappa shape index (κ2) is 7.12. The van der Waals surface area contributed by atoms with Crippen molar-refractivity contribution in [2.24, 2.45) is 0 Å². The maximum absolute atomic E-state index is 14.2. The summed E-state index contributed by atoms with van der Waals surface area (Å²) in [6, 6.07) is 5.58. The lowest BCUT2D eigenvalue weighted by atomic mass is 9.72. The highest BCUT2D eigenvalue weighted by atomic mass is 19.4. The predicted octanol–water partition coefficient (Wildman–Crippen LogP) is 4.42. The molecule has 1 atom stereocenters. The van der Waals surface area contributed by atoms with Gasteiger partial charge in [-0.05, 0) is 36.1 Å². The Labute approximate surface area is 176 Å². The molecule has 0 aliphatic carbocycles. The Kier molecular flexibility index (Phi) is 4.92. The zero-order valence-electron chi connectivity index (χ0n) is 17.1. The summed E-state index contributed by atoms with van der Waals surface area (Å²) in [7, 11) is 0. The molecule has 166 valence electrons. The quantitative estimate of drug-likeness (QED) is 0.516. The number of aromatic amines is 1. The van der Waals surface area contributed by atoms with E-state index in [4.69, 9.17) is 10.5 Å². The molecule has 0 amide bonds. The van der Waals surface area contributed by atoms with E-state index in [0.717, 1.165) is 0 Å². The Morgan fingerprint density at radius 1 is 1.19 bits per heavy atom. The molecule has 0 fully saturated rings. The fraction of sp³-hybridized carbons (Fsp3) is 0.409. The predicted molar refractivity (Wildman–Crippen MR) is 108 cm³/mol. The third-order valence-corrected chi connectivity index (χ3v) is 5.80. The van der Waals surface area contributed by atoms with Gasteiger partial charge in [0.25, 0.3) is 0 Å². The number of hydrogen-bond donors (Lipinski definition) is 3. The number of benzene rings is 1. The lowest BCUT2D eigenvalue weighted by Crippen LogP contribution is -2.51. The van der Waals surface area contributed by atoms with Crippen molar-refractivity contribution in [3.63, 3.8) is 0 Å². The van der Waals surface area contributed by atoms with Crippen LogP contribution in [0.3, 0.4) is 0 Å². The molecule has 31 heavy (non-hydrogen) atoms. The Morgan fingerprint density at radius 2 is 1.94 bits per heavy atom. The molecule has 1 unspecified atom stereocenters. The molecule has 1 aliphatic rings. The van der Waals surface area contributed by atoms with E-state index >= 15 is 0 Å². The van der Waals surface area contributed by atoms with Crippen LogP contribution in [-0.4, -0.2) is 33.5 Å². The van der Waals surface area contributed by atoms with Crippen molar-refractivity contribution >= 4 is 16.7 Å². The van der Waals surface area contributed by atoms with Crippen molar-refractivity contribution in [2.45, 2.75) is 50.3 Å². The standard InChI is InChI=1S/C22H23F4N3O2/c1-20(2,16-8-14(23)5-12-3-4-31-19(12)16)11-21(30,22(24,25)26)9-15-6-13-7-18(27)28-10-17(13)29-15/h5-8,10,29-30H,3-4,9,11H2,1-2H3,(H2,27,28). The molecule has 5 nitrogen and oxygen atoms in total. The first-order valence-corrected chi connectivity index (χ1v) is 9.86. The van der Waals surface area contributed by atoms with Crippen LogP contribution in [0, 0.1) is 5.82 Å². The molecule has 3 aromatic rings. The SMILES string of the molecule is CC(C)(CC(O)(Cc1cc2cc(N)ncc2[nH]1)C(F)(F)F)c1cc(F)cc2c1OCC2. The lowest BCUT2D eigenvalue weighted by Gasteiger charge is -2.38. The third kappa shape index (κ3) is 3.94. The van der Waals surface area contributed by atoms with Crippen LogP contribution in [0.25, 0.3) is 10.9 Å². The summed E-state index contributed by atoms with van der Waals surface area (Å²) >= 11 is 0. The maximum atomic E-state index is 14.2. The molecule has 0 bridgehead atoms. The molecule has 4 rings (SSSR count). The van der Waals surface area contributed by atoms with Crippen molar-refractivity contribution < 1.29 is 27.4 Å². The molecular formula is C22H23F4N3O2. The number of H-pyrrole nitrogens is 1. The van der Waals surface area contributed by atoms with Crippen molar-refractivity contribution in [3.05, 3.63) is 53.1 Å². The molecule has 9 heteroatoms. The number of anilines is 1. The zero-order chi connectivity index (χ0) is 22.6. The van der Waals surface area contributed by atoms with Gasteiger partial charge in [0, 0.05) is 35.0 Å². The zero-order valence-corrected chi connectivity index (χ0v) is 17.1. The number of halogens is 4. The number of nitrogens with two attached hydrogens (primary N) is 1. The Bertz CT molecular complexity index is 1140. The van der Waals surface area contributed by atoms with Crippen molar-refractivity contribution in [3.8, 4) is 5.75 Å². The number of aliphatic hydroxyl groups is 1. The number of fused-ring (bicyclic) bond motifs is 2. The molecule has 4 N–H and O–H groups in total. The van der Waals surface area contributed by atoms with E-state index in [0.29, 0.717) is 40.8 Å². The van der Waals surface area contributed by atoms with Crippen LogP contribution in [0.1, 0.15) is 37.1 Å². The van der Waals surface area contributed by atoms with Gasteiger partial charge in [0.1, 0.15) is 17.4 Å². The van der Waals surface area contributed by atoms with Gasteiger partial charge in [-0.3, -0.25) is 0 Å². The van der Waals surface area contributed by atoms with Crippen molar-refractivity contribution in [2.75, 3.05) is 12.3 Å². The Morgan fingerprint density at radius 3 is 2.65 bits per heavy atom. The highest BCUT2D eigenvalue weighted by molar-refractivity contribution is 5.81. The molecule has 0 saturated heterocycles. The third-order valence-electron chi connectivity index (χ3n) is 5.80. The molecule has 0 radical (unpaired) electrons. The second-order valence-electron chi connectivity index (χ2n) is 8.80. The Hall–Kier alpha value is -2.81. The summed E-state index contributed by atoms with van der Waals surface area (Å²) in [4.78, 5) is 6.78. The number of aromatic nitrogens is 2. The van der Waals surface area contributed by atoms with Crippen molar-refractivity contribution in [1.29, 1.82) is 0 Å². The van der Waals surface area contributed by atoms with Crippen LogP contribution in [0.4, 0.5) is 23.4 Å². The van der Waals surface area contributed by atoms with Crippen LogP contribution >= 0.6 is 0 Å². The minimum atomic E-state index is -4.92. The largest absolute Gasteiger partial charge is 0.493 e. The van der Waals surface area contributed by atoms with Gasteiger partial charge in [0.05, 0.1) is 18.3 Å². The first kappa shape index (κ1) is 21.4. The summed E-state index contributed by atoms with van der Waals surface area (Å²) in [6.07, 6.45) is -4.38. The van der Waals surface area contributed by atoms with E-state index in [-0.39, 0.29) is 11.5 Å². The average molecular weight is 437 g/mol. The number of alkyl halides is 3. The van der Waals surface area contributed by atoms with Gasteiger partial charge in [-0.1, -0.05) is 13.8 Å². The first-order valence-electron chi connectivity index (χ1n) is 9.86. The van der Waals surface area contributed by atoms with Crippen LogP contribution < -0.4 is 10.5 Å². The smallest absolute Gasteiger partial charge is 0.417 e. The molecule has 0 spiro atoms. The van der Waals surface area contributed by atoms with Gasteiger partial charge in [-0.25, -0.2) is 9.37 Å². The number of nitrogens with zero attached hydrogens (tertiary/aromatic N) is 1. The lowest BCUT2D eigenvalue weighted by molar-refractivity contribution is -0.266. The summed E-state index contributed by atoms with van der Waals surface area (Å²) in [5.74, 6) is 0.108. The number of nitrogen functional groups attached to an aromatic ring is 1. The molecule has 1 aromatic carbocycles.